The minimum Gasteiger partial charge on any atom is -0.497 e. The first-order valence-corrected chi connectivity index (χ1v) is 6.41. The monoisotopic (exact) mass is 268 g/mol. The van der Waals surface area contributed by atoms with Crippen LogP contribution in [0.15, 0.2) is 52.9 Å². The molecule has 1 unspecified atom stereocenters. The highest BCUT2D eigenvalue weighted by Crippen LogP contribution is 2.30. The van der Waals surface area contributed by atoms with Crippen molar-refractivity contribution in [2.75, 3.05) is 7.11 Å². The number of hydrogen-bond acceptors (Lipinski definition) is 4. The van der Waals surface area contributed by atoms with Crippen molar-refractivity contribution in [3.05, 3.63) is 60.0 Å². The number of benzene rings is 2. The Kier molecular flexibility index (Phi) is 2.95. The molecule has 0 aliphatic carbocycles. The summed E-state index contributed by atoms with van der Waals surface area (Å²) in [6.07, 6.45) is 0. The lowest BCUT2D eigenvalue weighted by atomic mass is 9.93. The standard InChI is InChI=1S/C16H16N2O2/c1-16(17,11-6-4-3-5-7-11)15-18-13-9-8-12(19-2)10-14(13)20-15/h3-10H,17H2,1-2H3. The number of nitrogens with zero attached hydrogens (tertiary/aromatic N) is 1. The first-order valence-electron chi connectivity index (χ1n) is 6.41. The molecule has 0 radical (unpaired) electrons. The van der Waals surface area contributed by atoms with E-state index in [9.17, 15) is 0 Å². The first kappa shape index (κ1) is 12.7. The van der Waals surface area contributed by atoms with E-state index in [0.717, 1.165) is 16.8 Å². The number of methoxy groups -OCH3 is 1. The van der Waals surface area contributed by atoms with E-state index < -0.39 is 5.54 Å². The fraction of sp³-hybridized carbons (Fsp3) is 0.188. The molecule has 102 valence electrons. The molecule has 4 heteroatoms. The third-order valence-electron chi connectivity index (χ3n) is 3.41. The molecule has 0 aliphatic heterocycles. The minimum atomic E-state index is -0.770. The summed E-state index contributed by atoms with van der Waals surface area (Å²) in [4.78, 5) is 4.49. The molecule has 0 aliphatic rings. The van der Waals surface area contributed by atoms with E-state index in [1.54, 1.807) is 7.11 Å². The zero-order valence-corrected chi connectivity index (χ0v) is 11.5. The molecule has 0 spiro atoms. The predicted molar refractivity (Wildman–Crippen MR) is 77.6 cm³/mol. The van der Waals surface area contributed by atoms with Gasteiger partial charge in [0.05, 0.1) is 7.11 Å². The van der Waals surface area contributed by atoms with Gasteiger partial charge in [0.25, 0.3) is 0 Å². The van der Waals surface area contributed by atoms with Gasteiger partial charge in [-0.2, -0.15) is 0 Å². The van der Waals surface area contributed by atoms with Gasteiger partial charge in [-0.05, 0) is 24.6 Å². The van der Waals surface area contributed by atoms with E-state index in [-0.39, 0.29) is 0 Å². The summed E-state index contributed by atoms with van der Waals surface area (Å²) in [5, 5.41) is 0. The van der Waals surface area contributed by atoms with E-state index in [1.807, 2.05) is 55.5 Å². The topological polar surface area (TPSA) is 61.3 Å². The molecule has 20 heavy (non-hydrogen) atoms. The van der Waals surface area contributed by atoms with Crippen LogP contribution in [0.5, 0.6) is 5.75 Å². The normalized spacial score (nSPS) is 14.2. The lowest BCUT2D eigenvalue weighted by Gasteiger charge is -2.20. The Bertz CT molecular complexity index is 733. The van der Waals surface area contributed by atoms with Crippen molar-refractivity contribution < 1.29 is 9.15 Å². The molecule has 1 atom stereocenters. The van der Waals surface area contributed by atoms with Gasteiger partial charge in [0.1, 0.15) is 16.8 Å². The zero-order chi connectivity index (χ0) is 14.2. The molecule has 1 aromatic heterocycles. The van der Waals surface area contributed by atoms with Gasteiger partial charge in [-0.3, -0.25) is 0 Å². The maximum Gasteiger partial charge on any atom is 0.219 e. The highest BCUT2D eigenvalue weighted by Gasteiger charge is 2.29. The molecule has 0 fully saturated rings. The molecule has 2 N–H and O–H groups in total. The second kappa shape index (κ2) is 4.65. The lowest BCUT2D eigenvalue weighted by molar-refractivity contribution is 0.408. The molecule has 2 aromatic carbocycles. The molecule has 3 aromatic rings. The minimum absolute atomic E-state index is 0.493. The Morgan fingerprint density at radius 2 is 1.90 bits per heavy atom. The summed E-state index contributed by atoms with van der Waals surface area (Å²) in [7, 11) is 1.62. The SMILES string of the molecule is COc1ccc2nc(C(C)(N)c3ccccc3)oc2c1. The van der Waals surface area contributed by atoms with E-state index in [0.29, 0.717) is 11.5 Å². The maximum atomic E-state index is 6.41. The summed E-state index contributed by atoms with van der Waals surface area (Å²) in [5.41, 5.74) is 8.04. The van der Waals surface area contributed by atoms with Crippen LogP contribution in [0.2, 0.25) is 0 Å². The van der Waals surface area contributed by atoms with E-state index in [1.165, 1.54) is 0 Å². The van der Waals surface area contributed by atoms with Crippen molar-refractivity contribution in [2.45, 2.75) is 12.5 Å². The fourth-order valence-electron chi connectivity index (χ4n) is 2.16. The third-order valence-corrected chi connectivity index (χ3v) is 3.41. The van der Waals surface area contributed by atoms with Gasteiger partial charge in [0.2, 0.25) is 5.89 Å². The Morgan fingerprint density at radius 3 is 2.60 bits per heavy atom. The predicted octanol–water partition coefficient (Wildman–Crippen LogP) is 3.06. The van der Waals surface area contributed by atoms with Crippen LogP contribution in [0.3, 0.4) is 0 Å². The summed E-state index contributed by atoms with van der Waals surface area (Å²) >= 11 is 0. The maximum absolute atomic E-state index is 6.41. The summed E-state index contributed by atoms with van der Waals surface area (Å²) in [5.74, 6) is 1.23. The molecular formula is C16H16N2O2. The van der Waals surface area contributed by atoms with E-state index in [2.05, 4.69) is 4.98 Å². The van der Waals surface area contributed by atoms with Gasteiger partial charge < -0.3 is 14.9 Å². The third kappa shape index (κ3) is 2.04. The summed E-state index contributed by atoms with van der Waals surface area (Å²) in [6, 6.07) is 15.3. The van der Waals surface area contributed by atoms with Crippen molar-refractivity contribution in [2.24, 2.45) is 5.73 Å². The lowest BCUT2D eigenvalue weighted by Crippen LogP contribution is -2.34. The van der Waals surface area contributed by atoms with Crippen LogP contribution >= 0.6 is 0 Å². The van der Waals surface area contributed by atoms with Gasteiger partial charge >= 0.3 is 0 Å². The average molecular weight is 268 g/mol. The molecule has 4 nitrogen and oxygen atoms in total. The Hall–Kier alpha value is -2.33. The number of fused-ring (bicyclic) bond motifs is 1. The highest BCUT2D eigenvalue weighted by atomic mass is 16.5. The number of hydrogen-bond donors (Lipinski definition) is 1. The summed E-state index contributed by atoms with van der Waals surface area (Å²) < 4.78 is 11.0. The fourth-order valence-corrected chi connectivity index (χ4v) is 2.16. The average Bonchev–Trinajstić information content (AvgIpc) is 2.91. The Morgan fingerprint density at radius 1 is 1.15 bits per heavy atom. The van der Waals surface area contributed by atoms with E-state index in [4.69, 9.17) is 14.9 Å². The van der Waals surface area contributed by atoms with Crippen molar-refractivity contribution in [3.63, 3.8) is 0 Å². The largest absolute Gasteiger partial charge is 0.497 e. The van der Waals surface area contributed by atoms with Crippen molar-refractivity contribution in [1.82, 2.24) is 4.98 Å². The number of ether oxygens (including phenoxy) is 1. The van der Waals surface area contributed by atoms with Crippen LogP contribution in [-0.2, 0) is 5.54 Å². The number of rotatable bonds is 3. The van der Waals surface area contributed by atoms with Crippen LogP contribution in [0.25, 0.3) is 11.1 Å². The second-order valence-corrected chi connectivity index (χ2v) is 4.92. The molecular weight excluding hydrogens is 252 g/mol. The molecule has 0 bridgehead atoms. The van der Waals surface area contributed by atoms with Crippen LogP contribution < -0.4 is 10.5 Å². The van der Waals surface area contributed by atoms with Gasteiger partial charge in [0, 0.05) is 6.07 Å². The molecule has 3 rings (SSSR count). The highest BCUT2D eigenvalue weighted by molar-refractivity contribution is 5.74. The zero-order valence-electron chi connectivity index (χ0n) is 11.5. The van der Waals surface area contributed by atoms with Crippen LogP contribution in [0, 0.1) is 0 Å². The van der Waals surface area contributed by atoms with Crippen LogP contribution in [0.4, 0.5) is 0 Å². The van der Waals surface area contributed by atoms with Crippen molar-refractivity contribution in [1.29, 1.82) is 0 Å². The number of nitrogens with two attached hydrogens (primary N) is 1. The van der Waals surface area contributed by atoms with Crippen LogP contribution in [-0.4, -0.2) is 12.1 Å². The van der Waals surface area contributed by atoms with Crippen molar-refractivity contribution in [3.8, 4) is 5.75 Å². The quantitative estimate of drug-likeness (QED) is 0.793. The smallest absolute Gasteiger partial charge is 0.219 e. The summed E-state index contributed by atoms with van der Waals surface area (Å²) in [6.45, 7) is 1.89. The molecule has 1 heterocycles. The van der Waals surface area contributed by atoms with Gasteiger partial charge in [-0.25, -0.2) is 4.98 Å². The first-order chi connectivity index (χ1) is 9.61. The van der Waals surface area contributed by atoms with E-state index >= 15 is 0 Å². The van der Waals surface area contributed by atoms with Gasteiger partial charge in [-0.15, -0.1) is 0 Å². The molecule has 0 amide bonds. The number of oxazole rings is 1. The number of aromatic nitrogens is 1. The van der Waals surface area contributed by atoms with Crippen molar-refractivity contribution >= 4 is 11.1 Å². The Balaban J connectivity index is 2.10. The van der Waals surface area contributed by atoms with Gasteiger partial charge in [-0.1, -0.05) is 30.3 Å². The van der Waals surface area contributed by atoms with Crippen LogP contribution in [0.1, 0.15) is 18.4 Å². The van der Waals surface area contributed by atoms with Gasteiger partial charge in [0.15, 0.2) is 5.58 Å². The Labute approximate surface area is 117 Å². The molecule has 0 saturated carbocycles. The molecule has 0 saturated heterocycles. The second-order valence-electron chi connectivity index (χ2n) is 4.92.